The van der Waals surface area contributed by atoms with Gasteiger partial charge in [0.1, 0.15) is 12.4 Å². The van der Waals surface area contributed by atoms with E-state index in [9.17, 15) is 4.39 Å². The molecule has 0 unspecified atom stereocenters. The third-order valence-electron chi connectivity index (χ3n) is 4.74. The van der Waals surface area contributed by atoms with Crippen molar-refractivity contribution in [2.75, 3.05) is 46.0 Å². The lowest BCUT2D eigenvalue weighted by Gasteiger charge is -2.26. The van der Waals surface area contributed by atoms with Gasteiger partial charge in [-0.05, 0) is 46.6 Å². The fourth-order valence-corrected chi connectivity index (χ4v) is 3.79. The Hall–Kier alpha value is -1.67. The lowest BCUT2D eigenvalue weighted by molar-refractivity contribution is 0.0384. The van der Waals surface area contributed by atoms with E-state index in [1.54, 1.807) is 18.2 Å². The van der Waals surface area contributed by atoms with Crippen LogP contribution in [0.1, 0.15) is 18.1 Å². The van der Waals surface area contributed by atoms with Crippen LogP contribution < -0.4 is 14.8 Å². The lowest BCUT2D eigenvalue weighted by Crippen LogP contribution is -2.40. The summed E-state index contributed by atoms with van der Waals surface area (Å²) in [4.78, 5) is 2.40. The van der Waals surface area contributed by atoms with E-state index < -0.39 is 0 Å². The molecule has 1 fully saturated rings. The quantitative estimate of drug-likeness (QED) is 0.536. The molecule has 29 heavy (non-hydrogen) atoms. The Morgan fingerprint density at radius 2 is 1.97 bits per heavy atom. The van der Waals surface area contributed by atoms with Crippen LogP contribution in [0, 0.1) is 5.82 Å². The molecule has 0 atom stereocenters. The molecule has 1 aliphatic heterocycles. The molecule has 0 aliphatic carbocycles. The highest BCUT2D eigenvalue weighted by atomic mass is 79.9. The maximum absolute atomic E-state index is 13.9. The van der Waals surface area contributed by atoms with Gasteiger partial charge < -0.3 is 19.5 Å². The molecule has 0 saturated carbocycles. The molecule has 0 bridgehead atoms. The highest BCUT2D eigenvalue weighted by Gasteiger charge is 2.14. The van der Waals surface area contributed by atoms with Crippen molar-refractivity contribution in [2.24, 2.45) is 0 Å². The first-order chi connectivity index (χ1) is 14.2. The minimum Gasteiger partial charge on any atom is -0.490 e. The van der Waals surface area contributed by atoms with Crippen molar-refractivity contribution in [3.63, 3.8) is 0 Å². The van der Waals surface area contributed by atoms with Crippen LogP contribution in [0.4, 0.5) is 4.39 Å². The van der Waals surface area contributed by atoms with E-state index >= 15 is 0 Å². The normalized spacial score (nSPS) is 14.7. The molecule has 0 amide bonds. The predicted molar refractivity (Wildman–Crippen MR) is 115 cm³/mol. The Morgan fingerprint density at radius 3 is 2.72 bits per heavy atom. The van der Waals surface area contributed by atoms with E-state index in [4.69, 9.17) is 14.2 Å². The summed E-state index contributed by atoms with van der Waals surface area (Å²) < 4.78 is 31.7. The summed E-state index contributed by atoms with van der Waals surface area (Å²) in [5, 5.41) is 3.48. The van der Waals surface area contributed by atoms with Gasteiger partial charge in [-0.15, -0.1) is 0 Å². The van der Waals surface area contributed by atoms with Gasteiger partial charge in [0.05, 0.1) is 24.3 Å². The minimum absolute atomic E-state index is 0.141. The zero-order valence-corrected chi connectivity index (χ0v) is 18.3. The molecule has 2 aromatic carbocycles. The van der Waals surface area contributed by atoms with Gasteiger partial charge in [0.2, 0.25) is 0 Å². The van der Waals surface area contributed by atoms with Crippen LogP contribution >= 0.6 is 15.9 Å². The number of nitrogens with zero attached hydrogens (tertiary/aromatic N) is 1. The summed E-state index contributed by atoms with van der Waals surface area (Å²) in [5.74, 6) is 0.970. The van der Waals surface area contributed by atoms with Crippen LogP contribution in [0.3, 0.4) is 0 Å². The lowest BCUT2D eigenvalue weighted by atomic mass is 10.2. The van der Waals surface area contributed by atoms with Gasteiger partial charge in [0.25, 0.3) is 0 Å². The summed E-state index contributed by atoms with van der Waals surface area (Å²) >= 11 is 3.58. The number of hydrogen-bond acceptors (Lipinski definition) is 5. The molecular formula is C22H28BrFN2O3. The first-order valence-electron chi connectivity index (χ1n) is 9.99. The second-order valence-electron chi connectivity index (χ2n) is 6.85. The number of morpholine rings is 1. The third kappa shape index (κ3) is 6.67. The SMILES string of the molecule is CCOc1cc(CNCCN2CCOCC2)cc(Br)c1OCc1ccccc1F. The second-order valence-corrected chi connectivity index (χ2v) is 7.70. The Balaban J connectivity index is 1.58. The molecular weight excluding hydrogens is 439 g/mol. The Morgan fingerprint density at radius 1 is 1.17 bits per heavy atom. The largest absolute Gasteiger partial charge is 0.490 e. The molecule has 7 heteroatoms. The fraction of sp³-hybridized carbons (Fsp3) is 0.455. The number of rotatable bonds is 10. The molecule has 1 aliphatic rings. The first kappa shape index (κ1) is 22.0. The smallest absolute Gasteiger partial charge is 0.175 e. The summed E-state index contributed by atoms with van der Waals surface area (Å²) in [7, 11) is 0. The Bertz CT molecular complexity index is 785. The Labute approximate surface area is 180 Å². The van der Waals surface area contributed by atoms with E-state index in [1.807, 2.05) is 19.1 Å². The molecule has 1 N–H and O–H groups in total. The van der Waals surface area contributed by atoms with Crippen LogP contribution in [-0.4, -0.2) is 50.9 Å². The summed E-state index contributed by atoms with van der Waals surface area (Å²) in [6.07, 6.45) is 0. The minimum atomic E-state index is -0.275. The maximum Gasteiger partial charge on any atom is 0.175 e. The third-order valence-corrected chi connectivity index (χ3v) is 5.33. The molecule has 0 radical (unpaired) electrons. The van der Waals surface area contributed by atoms with Crippen LogP contribution in [0.2, 0.25) is 0 Å². The molecule has 3 rings (SSSR count). The summed E-state index contributed by atoms with van der Waals surface area (Å²) in [6, 6.07) is 10.6. The van der Waals surface area contributed by atoms with Crippen LogP contribution in [0.5, 0.6) is 11.5 Å². The van der Waals surface area contributed by atoms with E-state index in [1.165, 1.54) is 6.07 Å². The molecule has 1 heterocycles. The average molecular weight is 467 g/mol. The predicted octanol–water partition coefficient (Wildman–Crippen LogP) is 3.99. The van der Waals surface area contributed by atoms with Crippen molar-refractivity contribution >= 4 is 15.9 Å². The van der Waals surface area contributed by atoms with E-state index in [0.29, 0.717) is 23.7 Å². The number of benzene rings is 2. The van der Waals surface area contributed by atoms with Gasteiger partial charge in [-0.2, -0.15) is 0 Å². The van der Waals surface area contributed by atoms with Gasteiger partial charge in [0.15, 0.2) is 11.5 Å². The number of hydrogen-bond donors (Lipinski definition) is 1. The van der Waals surface area contributed by atoms with Crippen molar-refractivity contribution in [3.05, 3.63) is 57.8 Å². The summed E-state index contributed by atoms with van der Waals surface area (Å²) in [6.45, 7) is 8.88. The van der Waals surface area contributed by atoms with Gasteiger partial charge in [0, 0.05) is 38.3 Å². The zero-order chi connectivity index (χ0) is 20.5. The van der Waals surface area contributed by atoms with Gasteiger partial charge >= 0.3 is 0 Å². The highest BCUT2D eigenvalue weighted by Crippen LogP contribution is 2.37. The van der Waals surface area contributed by atoms with Crippen LogP contribution in [-0.2, 0) is 17.9 Å². The molecule has 2 aromatic rings. The van der Waals surface area contributed by atoms with Gasteiger partial charge in [-0.3, -0.25) is 4.90 Å². The maximum atomic E-state index is 13.9. The molecule has 0 aromatic heterocycles. The topological polar surface area (TPSA) is 43.0 Å². The van der Waals surface area contributed by atoms with E-state index in [2.05, 4.69) is 26.1 Å². The highest BCUT2D eigenvalue weighted by molar-refractivity contribution is 9.10. The van der Waals surface area contributed by atoms with Crippen molar-refractivity contribution in [3.8, 4) is 11.5 Å². The monoisotopic (exact) mass is 466 g/mol. The Kier molecular flexibility index (Phi) is 8.73. The zero-order valence-electron chi connectivity index (χ0n) is 16.8. The van der Waals surface area contributed by atoms with Crippen LogP contribution in [0.25, 0.3) is 0 Å². The second kappa shape index (κ2) is 11.5. The summed E-state index contributed by atoms with van der Waals surface area (Å²) in [5.41, 5.74) is 1.61. The molecule has 158 valence electrons. The number of halogens is 2. The molecule has 5 nitrogen and oxygen atoms in total. The fourth-order valence-electron chi connectivity index (χ4n) is 3.19. The van der Waals surface area contributed by atoms with Crippen molar-refractivity contribution in [2.45, 2.75) is 20.1 Å². The van der Waals surface area contributed by atoms with Crippen molar-refractivity contribution in [1.82, 2.24) is 10.2 Å². The van der Waals surface area contributed by atoms with E-state index in [0.717, 1.165) is 56.0 Å². The molecule has 0 spiro atoms. The van der Waals surface area contributed by atoms with Crippen molar-refractivity contribution in [1.29, 1.82) is 0 Å². The number of nitrogens with one attached hydrogen (secondary N) is 1. The van der Waals surface area contributed by atoms with Crippen molar-refractivity contribution < 1.29 is 18.6 Å². The first-order valence-corrected chi connectivity index (χ1v) is 10.8. The standard InChI is InChI=1S/C22H28BrFN2O3/c1-2-28-21-14-17(15-25-7-8-26-9-11-27-12-10-26)13-19(23)22(21)29-16-18-5-3-4-6-20(18)24/h3-6,13-14,25H,2,7-12,15-16H2,1H3. The molecule has 1 saturated heterocycles. The van der Waals surface area contributed by atoms with Crippen LogP contribution in [0.15, 0.2) is 40.9 Å². The van der Waals surface area contributed by atoms with Gasteiger partial charge in [-0.1, -0.05) is 18.2 Å². The van der Waals surface area contributed by atoms with E-state index in [-0.39, 0.29) is 12.4 Å². The van der Waals surface area contributed by atoms with Gasteiger partial charge in [-0.25, -0.2) is 4.39 Å². The average Bonchev–Trinajstić information content (AvgIpc) is 2.73. The number of ether oxygens (including phenoxy) is 3.